The fourth-order valence-electron chi connectivity index (χ4n) is 3.69. The van der Waals surface area contributed by atoms with Crippen LogP contribution in [0.2, 0.25) is 0 Å². The molecule has 0 spiro atoms. The van der Waals surface area contributed by atoms with Crippen LogP contribution in [0.25, 0.3) is 5.57 Å². The van der Waals surface area contributed by atoms with Crippen molar-refractivity contribution in [3.63, 3.8) is 0 Å². The molecule has 1 saturated heterocycles. The molecule has 5 nitrogen and oxygen atoms in total. The van der Waals surface area contributed by atoms with Crippen LogP contribution in [0.4, 0.5) is 10.2 Å². The summed E-state index contributed by atoms with van der Waals surface area (Å²) in [5.41, 5.74) is 2.64. The number of nitrogens with zero attached hydrogens (tertiary/aromatic N) is 4. The number of carbonyl (C=O) groups is 1. The van der Waals surface area contributed by atoms with Crippen LogP contribution in [0.5, 0.6) is 0 Å². The van der Waals surface area contributed by atoms with Gasteiger partial charge < -0.3 is 0 Å². The molecular weight excluding hydrogens is 331 g/mol. The van der Waals surface area contributed by atoms with E-state index >= 15 is 0 Å². The van der Waals surface area contributed by atoms with E-state index in [1.54, 1.807) is 23.5 Å². The van der Waals surface area contributed by atoms with Crippen molar-refractivity contribution in [1.29, 1.82) is 0 Å². The maximum absolute atomic E-state index is 13.6. The smallest absolute Gasteiger partial charge is 0.238 e. The molecule has 1 unspecified atom stereocenters. The quantitative estimate of drug-likeness (QED) is 0.829. The molecule has 1 amide bonds. The first-order valence-electron chi connectivity index (χ1n) is 8.54. The van der Waals surface area contributed by atoms with Crippen LogP contribution in [-0.2, 0) is 4.79 Å². The Morgan fingerprint density at radius 2 is 1.96 bits per heavy atom. The molecule has 2 aliphatic rings. The molecule has 4 rings (SSSR count). The van der Waals surface area contributed by atoms with Gasteiger partial charge in [0.2, 0.25) is 5.91 Å². The van der Waals surface area contributed by atoms with E-state index in [4.69, 9.17) is 0 Å². The van der Waals surface area contributed by atoms with Crippen molar-refractivity contribution in [3.8, 4) is 0 Å². The van der Waals surface area contributed by atoms with Gasteiger partial charge in [-0.1, -0.05) is 19.9 Å². The van der Waals surface area contributed by atoms with Crippen LogP contribution in [-0.4, -0.2) is 20.9 Å². The predicted molar refractivity (Wildman–Crippen MR) is 96.4 cm³/mol. The van der Waals surface area contributed by atoms with Crippen molar-refractivity contribution >= 4 is 17.3 Å². The zero-order valence-corrected chi connectivity index (χ0v) is 14.9. The molecule has 1 aliphatic carbocycles. The van der Waals surface area contributed by atoms with Gasteiger partial charge in [0.15, 0.2) is 5.82 Å². The van der Waals surface area contributed by atoms with Gasteiger partial charge >= 0.3 is 0 Å². The molecule has 1 atom stereocenters. The Morgan fingerprint density at radius 1 is 1.19 bits per heavy atom. The first-order chi connectivity index (χ1) is 12.4. The average Bonchev–Trinajstić information content (AvgIpc) is 2.81. The number of amides is 1. The van der Waals surface area contributed by atoms with Crippen molar-refractivity contribution in [3.05, 3.63) is 65.8 Å². The number of fused-ring (bicyclic) bond motifs is 1. The van der Waals surface area contributed by atoms with E-state index in [-0.39, 0.29) is 17.6 Å². The van der Waals surface area contributed by atoms with E-state index in [2.05, 4.69) is 15.0 Å². The summed E-state index contributed by atoms with van der Waals surface area (Å²) < 4.78 is 13.6. The van der Waals surface area contributed by atoms with Crippen LogP contribution in [0, 0.1) is 24.1 Å². The van der Waals surface area contributed by atoms with E-state index < -0.39 is 5.41 Å². The minimum atomic E-state index is -0.542. The Morgan fingerprint density at radius 3 is 2.69 bits per heavy atom. The van der Waals surface area contributed by atoms with Crippen LogP contribution < -0.4 is 4.90 Å². The largest absolute Gasteiger partial charge is 0.273 e. The molecule has 0 N–H and O–H groups in total. The summed E-state index contributed by atoms with van der Waals surface area (Å²) in [5.74, 6) is 0.187. The lowest BCUT2D eigenvalue weighted by atomic mass is 9.75. The zero-order valence-electron chi connectivity index (χ0n) is 14.9. The second-order valence-corrected chi connectivity index (χ2v) is 7.29. The Balaban J connectivity index is 1.82. The highest BCUT2D eigenvalue weighted by atomic mass is 19.1. The number of aromatic nitrogens is 3. The number of hydrogen-bond acceptors (Lipinski definition) is 4. The van der Waals surface area contributed by atoms with E-state index in [1.807, 2.05) is 32.9 Å². The van der Waals surface area contributed by atoms with Gasteiger partial charge in [-0.05, 0) is 31.1 Å². The molecular formula is C20H19FN4O. The van der Waals surface area contributed by atoms with E-state index in [0.29, 0.717) is 17.8 Å². The van der Waals surface area contributed by atoms with Crippen LogP contribution in [0.1, 0.15) is 31.5 Å². The normalized spacial score (nSPS) is 21.3. The Hall–Kier alpha value is -2.89. The monoisotopic (exact) mass is 350 g/mol. The lowest BCUT2D eigenvalue weighted by molar-refractivity contribution is -0.125. The molecule has 0 radical (unpaired) electrons. The summed E-state index contributed by atoms with van der Waals surface area (Å²) in [4.78, 5) is 27.4. The number of anilines is 1. The Kier molecular flexibility index (Phi) is 3.72. The second kappa shape index (κ2) is 5.83. The molecule has 6 heteroatoms. The fraction of sp³-hybridized carbons (Fsp3) is 0.300. The molecule has 1 aliphatic heterocycles. The molecule has 3 heterocycles. The Bertz CT molecular complexity index is 964. The summed E-state index contributed by atoms with van der Waals surface area (Å²) in [6.07, 6.45) is 10.8. The second-order valence-electron chi connectivity index (χ2n) is 7.29. The number of hydrogen-bond donors (Lipinski definition) is 0. The number of allylic oxidation sites excluding steroid dienone is 4. The van der Waals surface area contributed by atoms with Gasteiger partial charge in [-0.3, -0.25) is 19.7 Å². The Labute approximate surface area is 151 Å². The molecule has 1 fully saturated rings. The summed E-state index contributed by atoms with van der Waals surface area (Å²) in [7, 11) is 0. The highest BCUT2D eigenvalue weighted by Crippen LogP contribution is 2.50. The summed E-state index contributed by atoms with van der Waals surface area (Å²) in [6, 6.07) is 1.45. The van der Waals surface area contributed by atoms with Crippen molar-refractivity contribution in [1.82, 2.24) is 15.0 Å². The van der Waals surface area contributed by atoms with Crippen LogP contribution in [0.15, 0.2) is 48.7 Å². The van der Waals surface area contributed by atoms with Crippen LogP contribution in [0.3, 0.4) is 0 Å². The lowest BCUT2D eigenvalue weighted by Gasteiger charge is -2.25. The predicted octanol–water partition coefficient (Wildman–Crippen LogP) is 3.68. The lowest BCUT2D eigenvalue weighted by Crippen LogP contribution is -2.32. The minimum Gasteiger partial charge on any atom is -0.273 e. The highest BCUT2D eigenvalue weighted by molar-refractivity contribution is 6.04. The third-order valence-corrected chi connectivity index (χ3v) is 5.13. The average molecular weight is 350 g/mol. The summed E-state index contributed by atoms with van der Waals surface area (Å²) in [6.45, 7) is 5.76. The van der Waals surface area contributed by atoms with Crippen molar-refractivity contribution in [2.24, 2.45) is 11.3 Å². The molecule has 26 heavy (non-hydrogen) atoms. The molecule has 0 saturated carbocycles. The first kappa shape index (κ1) is 16.6. The number of pyridine rings is 1. The van der Waals surface area contributed by atoms with Crippen LogP contribution >= 0.6 is 0 Å². The molecule has 0 aromatic carbocycles. The summed E-state index contributed by atoms with van der Waals surface area (Å²) >= 11 is 0. The maximum Gasteiger partial charge on any atom is 0.238 e. The highest BCUT2D eigenvalue weighted by Gasteiger charge is 2.51. The zero-order chi connectivity index (χ0) is 18.5. The number of aryl methyl sites for hydroxylation is 1. The van der Waals surface area contributed by atoms with Gasteiger partial charge in [0, 0.05) is 29.6 Å². The van der Waals surface area contributed by atoms with Gasteiger partial charge in [0.25, 0.3) is 0 Å². The molecule has 2 aromatic heterocycles. The number of rotatable bonds is 2. The SMILES string of the molecule is Cc1cncc(N2C(=O)C(C)(C)C3CC=C(c4cncc(F)c4)C=C32)n1. The van der Waals surface area contributed by atoms with Crippen molar-refractivity contribution in [2.45, 2.75) is 27.2 Å². The first-order valence-corrected chi connectivity index (χ1v) is 8.54. The van der Waals surface area contributed by atoms with E-state index in [1.165, 1.54) is 12.3 Å². The minimum absolute atomic E-state index is 0.000618. The van der Waals surface area contributed by atoms with Crippen molar-refractivity contribution in [2.75, 3.05) is 4.90 Å². The maximum atomic E-state index is 13.6. The van der Waals surface area contributed by atoms with E-state index in [9.17, 15) is 9.18 Å². The van der Waals surface area contributed by atoms with Gasteiger partial charge in [0.1, 0.15) is 5.82 Å². The topological polar surface area (TPSA) is 59.0 Å². The third-order valence-electron chi connectivity index (χ3n) is 5.13. The van der Waals surface area contributed by atoms with Crippen molar-refractivity contribution < 1.29 is 9.18 Å². The standard InChI is InChI=1S/C20H19FN4O/c1-12-8-22-11-18(24-12)25-17-7-13(14-6-15(21)10-23-9-14)4-5-16(17)20(2,3)19(25)26/h4,6-11,16H,5H2,1-3H3. The van der Waals surface area contributed by atoms with E-state index in [0.717, 1.165) is 17.0 Å². The fourth-order valence-corrected chi connectivity index (χ4v) is 3.69. The number of carbonyl (C=O) groups excluding carboxylic acids is 1. The van der Waals surface area contributed by atoms with Gasteiger partial charge in [-0.25, -0.2) is 9.37 Å². The summed E-state index contributed by atoms with van der Waals surface area (Å²) in [5, 5.41) is 0. The van der Waals surface area contributed by atoms with Gasteiger partial charge in [0.05, 0.1) is 23.5 Å². The number of halogens is 1. The van der Waals surface area contributed by atoms with Gasteiger partial charge in [-0.2, -0.15) is 0 Å². The third kappa shape index (κ3) is 2.53. The van der Waals surface area contributed by atoms with Gasteiger partial charge in [-0.15, -0.1) is 0 Å². The molecule has 0 bridgehead atoms. The molecule has 2 aromatic rings. The molecule has 132 valence electrons.